The second kappa shape index (κ2) is 3.12. The fourth-order valence-corrected chi connectivity index (χ4v) is 0.656. The van der Waals surface area contributed by atoms with Crippen LogP contribution in [-0.2, 0) is 6.18 Å². The molecule has 0 aliphatic rings. The van der Waals surface area contributed by atoms with Crippen molar-refractivity contribution in [1.29, 1.82) is 0 Å². The van der Waals surface area contributed by atoms with Crippen LogP contribution in [-0.4, -0.2) is 15.8 Å². The standard InChI is InChI=1S/C7H5F3N2O/c1-4(13)5-2-12-6(3-11-5)7(8,9)10/h2-3H,1H3. The largest absolute Gasteiger partial charge is 0.434 e. The molecule has 0 bridgehead atoms. The van der Waals surface area contributed by atoms with E-state index in [0.29, 0.717) is 6.20 Å². The maximum Gasteiger partial charge on any atom is 0.434 e. The molecule has 3 nitrogen and oxygen atoms in total. The predicted molar refractivity (Wildman–Crippen MR) is 37.0 cm³/mol. The summed E-state index contributed by atoms with van der Waals surface area (Å²) in [6.45, 7) is 1.21. The minimum Gasteiger partial charge on any atom is -0.293 e. The maximum absolute atomic E-state index is 11.9. The highest BCUT2D eigenvalue weighted by molar-refractivity contribution is 5.91. The van der Waals surface area contributed by atoms with Crippen LogP contribution in [0.1, 0.15) is 23.1 Å². The van der Waals surface area contributed by atoms with Crippen molar-refractivity contribution >= 4 is 5.78 Å². The molecule has 0 radical (unpaired) electrons. The Morgan fingerprint density at radius 2 is 1.92 bits per heavy atom. The van der Waals surface area contributed by atoms with E-state index in [1.54, 1.807) is 0 Å². The number of halogens is 3. The van der Waals surface area contributed by atoms with Crippen LogP contribution >= 0.6 is 0 Å². The first-order valence-corrected chi connectivity index (χ1v) is 3.31. The van der Waals surface area contributed by atoms with Gasteiger partial charge in [0.05, 0.1) is 12.4 Å². The molecule has 0 aliphatic carbocycles. The molecule has 1 heterocycles. The van der Waals surface area contributed by atoms with Crippen molar-refractivity contribution in [3.63, 3.8) is 0 Å². The van der Waals surface area contributed by atoms with Crippen molar-refractivity contribution in [3.8, 4) is 0 Å². The topological polar surface area (TPSA) is 42.9 Å². The average Bonchev–Trinajstić information content (AvgIpc) is 2.03. The van der Waals surface area contributed by atoms with Crippen molar-refractivity contribution in [2.45, 2.75) is 13.1 Å². The van der Waals surface area contributed by atoms with Gasteiger partial charge in [-0.2, -0.15) is 13.2 Å². The van der Waals surface area contributed by atoms with Gasteiger partial charge >= 0.3 is 6.18 Å². The molecule has 1 aromatic heterocycles. The molecule has 0 spiro atoms. The van der Waals surface area contributed by atoms with Crippen LogP contribution in [0.25, 0.3) is 0 Å². The molecule has 0 atom stereocenters. The fraction of sp³-hybridized carbons (Fsp3) is 0.286. The normalized spacial score (nSPS) is 11.4. The number of alkyl halides is 3. The SMILES string of the molecule is CC(=O)c1cnc(C(F)(F)F)cn1. The Morgan fingerprint density at radius 1 is 1.31 bits per heavy atom. The van der Waals surface area contributed by atoms with Gasteiger partial charge in [-0.05, 0) is 0 Å². The Morgan fingerprint density at radius 3 is 2.23 bits per heavy atom. The Balaban J connectivity index is 3.01. The van der Waals surface area contributed by atoms with Gasteiger partial charge in [0.1, 0.15) is 5.69 Å². The Bertz CT molecular complexity index is 318. The molecule has 6 heteroatoms. The van der Waals surface area contributed by atoms with E-state index in [2.05, 4.69) is 9.97 Å². The molecule has 0 N–H and O–H groups in total. The summed E-state index contributed by atoms with van der Waals surface area (Å²) in [5.74, 6) is -0.416. The summed E-state index contributed by atoms with van der Waals surface area (Å²) in [7, 11) is 0. The van der Waals surface area contributed by atoms with E-state index in [4.69, 9.17) is 0 Å². The lowest BCUT2D eigenvalue weighted by Crippen LogP contribution is -2.10. The number of hydrogen-bond acceptors (Lipinski definition) is 3. The van der Waals surface area contributed by atoms with E-state index in [-0.39, 0.29) is 5.69 Å². The number of ketones is 1. The highest BCUT2D eigenvalue weighted by atomic mass is 19.4. The number of carbonyl (C=O) groups is 1. The lowest BCUT2D eigenvalue weighted by molar-refractivity contribution is -0.141. The molecule has 13 heavy (non-hydrogen) atoms. The molecule has 0 saturated heterocycles. The predicted octanol–water partition coefficient (Wildman–Crippen LogP) is 1.70. The zero-order valence-corrected chi connectivity index (χ0v) is 6.59. The molecular formula is C7H5F3N2O. The van der Waals surface area contributed by atoms with Crippen LogP contribution < -0.4 is 0 Å². The van der Waals surface area contributed by atoms with E-state index in [0.717, 1.165) is 6.20 Å². The number of carbonyl (C=O) groups excluding carboxylic acids is 1. The second-order valence-corrected chi connectivity index (χ2v) is 2.34. The minimum atomic E-state index is -4.51. The first-order valence-electron chi connectivity index (χ1n) is 3.31. The van der Waals surface area contributed by atoms with Crippen molar-refractivity contribution in [1.82, 2.24) is 9.97 Å². The first kappa shape index (κ1) is 9.63. The third-order valence-electron chi connectivity index (χ3n) is 1.30. The van der Waals surface area contributed by atoms with Crippen LogP contribution in [0.3, 0.4) is 0 Å². The van der Waals surface area contributed by atoms with Gasteiger partial charge in [-0.15, -0.1) is 0 Å². The van der Waals surface area contributed by atoms with Crippen LogP contribution in [0.4, 0.5) is 13.2 Å². The van der Waals surface area contributed by atoms with Crippen LogP contribution in [0.15, 0.2) is 12.4 Å². The quantitative estimate of drug-likeness (QED) is 0.633. The summed E-state index contributed by atoms with van der Waals surface area (Å²) in [6.07, 6.45) is -3.16. The van der Waals surface area contributed by atoms with Gasteiger partial charge in [0.15, 0.2) is 11.5 Å². The van der Waals surface area contributed by atoms with Crippen molar-refractivity contribution in [3.05, 3.63) is 23.8 Å². The van der Waals surface area contributed by atoms with Crippen molar-refractivity contribution in [2.24, 2.45) is 0 Å². The molecule has 0 unspecified atom stereocenters. The summed E-state index contributed by atoms with van der Waals surface area (Å²) >= 11 is 0. The van der Waals surface area contributed by atoms with Gasteiger partial charge in [-0.25, -0.2) is 9.97 Å². The number of aromatic nitrogens is 2. The Hall–Kier alpha value is -1.46. The number of nitrogens with zero attached hydrogens (tertiary/aromatic N) is 2. The van der Waals surface area contributed by atoms with Gasteiger partial charge in [0.25, 0.3) is 0 Å². The van der Waals surface area contributed by atoms with E-state index in [1.165, 1.54) is 6.92 Å². The second-order valence-electron chi connectivity index (χ2n) is 2.34. The van der Waals surface area contributed by atoms with Crippen LogP contribution in [0, 0.1) is 0 Å². The van der Waals surface area contributed by atoms with E-state index >= 15 is 0 Å². The maximum atomic E-state index is 11.9. The fourth-order valence-electron chi connectivity index (χ4n) is 0.656. The molecular weight excluding hydrogens is 185 g/mol. The molecule has 0 saturated carbocycles. The van der Waals surface area contributed by atoms with Crippen LogP contribution in [0.5, 0.6) is 0 Å². The van der Waals surface area contributed by atoms with E-state index in [1.807, 2.05) is 0 Å². The smallest absolute Gasteiger partial charge is 0.293 e. The molecule has 0 aliphatic heterocycles. The lowest BCUT2D eigenvalue weighted by atomic mass is 10.3. The molecule has 1 rings (SSSR count). The third kappa shape index (κ3) is 2.24. The molecule has 0 fully saturated rings. The van der Waals surface area contributed by atoms with Gasteiger partial charge in [-0.1, -0.05) is 0 Å². The summed E-state index contributed by atoms with van der Waals surface area (Å²) in [6, 6.07) is 0. The van der Waals surface area contributed by atoms with Gasteiger partial charge in [-0.3, -0.25) is 4.79 Å². The zero-order valence-electron chi connectivity index (χ0n) is 6.59. The number of hydrogen-bond donors (Lipinski definition) is 0. The van der Waals surface area contributed by atoms with Gasteiger partial charge in [0.2, 0.25) is 0 Å². The number of Topliss-reactive ketones (excluding diaryl/α,β-unsaturated/α-hetero) is 1. The molecule has 0 aromatic carbocycles. The molecule has 70 valence electrons. The summed E-state index contributed by atoms with van der Waals surface area (Å²) in [5.41, 5.74) is -1.18. The highest BCUT2D eigenvalue weighted by Gasteiger charge is 2.32. The Kier molecular flexibility index (Phi) is 2.31. The van der Waals surface area contributed by atoms with E-state index in [9.17, 15) is 18.0 Å². The Labute approximate surface area is 71.6 Å². The summed E-state index contributed by atoms with van der Waals surface area (Å²) < 4.78 is 35.8. The third-order valence-corrected chi connectivity index (χ3v) is 1.30. The summed E-state index contributed by atoms with van der Waals surface area (Å²) in [5, 5.41) is 0. The van der Waals surface area contributed by atoms with Gasteiger partial charge < -0.3 is 0 Å². The van der Waals surface area contributed by atoms with Crippen LogP contribution in [0.2, 0.25) is 0 Å². The highest BCUT2D eigenvalue weighted by Crippen LogP contribution is 2.26. The lowest BCUT2D eigenvalue weighted by Gasteiger charge is -2.03. The van der Waals surface area contributed by atoms with E-state index < -0.39 is 17.7 Å². The minimum absolute atomic E-state index is 0.0759. The first-order chi connectivity index (χ1) is 5.91. The average molecular weight is 190 g/mol. The van der Waals surface area contributed by atoms with Gasteiger partial charge in [0, 0.05) is 6.92 Å². The summed E-state index contributed by atoms with van der Waals surface area (Å²) in [4.78, 5) is 17.0. The molecule has 0 amide bonds. The number of rotatable bonds is 1. The van der Waals surface area contributed by atoms with Crippen molar-refractivity contribution < 1.29 is 18.0 Å². The zero-order chi connectivity index (χ0) is 10.1. The van der Waals surface area contributed by atoms with Crippen molar-refractivity contribution in [2.75, 3.05) is 0 Å². The molecule has 1 aromatic rings. The monoisotopic (exact) mass is 190 g/mol.